The molecule has 0 bridgehead atoms. The number of carbonyl (C=O) groups is 2. The minimum atomic E-state index is -0.755. The average Bonchev–Trinajstić information content (AvgIpc) is 2.61. The van der Waals surface area contributed by atoms with Gasteiger partial charge in [0.25, 0.3) is 0 Å². The molecule has 1 N–H and O–H groups in total. The zero-order chi connectivity index (χ0) is 21.8. The van der Waals surface area contributed by atoms with Gasteiger partial charge in [-0.15, -0.1) is 0 Å². The monoisotopic (exact) mass is 438 g/mol. The van der Waals surface area contributed by atoms with E-state index in [9.17, 15) is 14.0 Å². The summed E-state index contributed by atoms with van der Waals surface area (Å²) in [6, 6.07) is 10.0. The lowest BCUT2D eigenvalue weighted by Gasteiger charge is -2.32. The molecule has 156 valence electrons. The molecule has 2 aromatic carbocycles. The molecule has 0 aliphatic rings. The van der Waals surface area contributed by atoms with Crippen LogP contribution < -0.4 is 5.32 Å². The quantitative estimate of drug-likeness (QED) is 0.688. The fourth-order valence-corrected chi connectivity index (χ4v) is 3.31. The van der Waals surface area contributed by atoms with Crippen molar-refractivity contribution in [1.82, 2.24) is 10.2 Å². The van der Waals surface area contributed by atoms with Gasteiger partial charge < -0.3 is 10.2 Å². The highest BCUT2D eigenvalue weighted by Gasteiger charge is 2.29. The maximum Gasteiger partial charge on any atom is 0.242 e. The molecule has 0 aliphatic heterocycles. The molecule has 0 radical (unpaired) electrons. The first-order chi connectivity index (χ1) is 13.5. The largest absolute Gasteiger partial charge is 0.350 e. The van der Waals surface area contributed by atoms with Gasteiger partial charge in [-0.1, -0.05) is 41.4 Å². The first-order valence-electron chi connectivity index (χ1n) is 9.27. The van der Waals surface area contributed by atoms with Crippen molar-refractivity contribution in [3.8, 4) is 0 Å². The Morgan fingerprint density at radius 2 is 1.62 bits per heavy atom. The molecule has 7 heteroatoms. The van der Waals surface area contributed by atoms with Gasteiger partial charge in [0.05, 0.1) is 6.42 Å². The number of amides is 2. The number of carbonyl (C=O) groups excluding carboxylic acids is 2. The molecule has 0 spiro atoms. The number of halogens is 3. The third-order valence-corrected chi connectivity index (χ3v) is 5.03. The van der Waals surface area contributed by atoms with E-state index in [1.807, 2.05) is 20.8 Å². The SMILES string of the molecule is CC(C(=O)NC(C)(C)C)N(Cc1c(Cl)cccc1Cl)C(=O)Cc1ccc(F)cc1. The third-order valence-electron chi connectivity index (χ3n) is 4.32. The minimum absolute atomic E-state index is 0.0233. The maximum atomic E-state index is 13.2. The first kappa shape index (κ1) is 23.2. The summed E-state index contributed by atoms with van der Waals surface area (Å²) >= 11 is 12.6. The Morgan fingerprint density at radius 3 is 2.14 bits per heavy atom. The summed E-state index contributed by atoms with van der Waals surface area (Å²) in [6.45, 7) is 7.35. The molecule has 2 amide bonds. The molecule has 0 saturated heterocycles. The Labute approximate surface area is 181 Å². The highest BCUT2D eigenvalue weighted by Crippen LogP contribution is 2.27. The number of nitrogens with one attached hydrogen (secondary N) is 1. The number of benzene rings is 2. The molecule has 0 fully saturated rings. The van der Waals surface area contributed by atoms with Crippen molar-refractivity contribution < 1.29 is 14.0 Å². The Balaban J connectivity index is 2.32. The second-order valence-electron chi connectivity index (χ2n) is 7.94. The van der Waals surface area contributed by atoms with Crippen molar-refractivity contribution in [3.63, 3.8) is 0 Å². The summed E-state index contributed by atoms with van der Waals surface area (Å²) in [5, 5.41) is 3.73. The lowest BCUT2D eigenvalue weighted by atomic mass is 10.1. The second kappa shape index (κ2) is 9.59. The van der Waals surface area contributed by atoms with Gasteiger partial charge in [0.2, 0.25) is 11.8 Å². The van der Waals surface area contributed by atoms with Gasteiger partial charge in [-0.3, -0.25) is 9.59 Å². The molecule has 29 heavy (non-hydrogen) atoms. The molecule has 0 saturated carbocycles. The van der Waals surface area contributed by atoms with Crippen LogP contribution in [0.1, 0.15) is 38.8 Å². The van der Waals surface area contributed by atoms with Crippen molar-refractivity contribution in [2.75, 3.05) is 0 Å². The zero-order valence-corrected chi connectivity index (χ0v) is 18.4. The van der Waals surface area contributed by atoms with Crippen LogP contribution in [0.5, 0.6) is 0 Å². The molecule has 2 rings (SSSR count). The molecule has 0 aliphatic carbocycles. The first-order valence-corrected chi connectivity index (χ1v) is 10.0. The van der Waals surface area contributed by atoms with Crippen molar-refractivity contribution >= 4 is 35.0 Å². The van der Waals surface area contributed by atoms with E-state index >= 15 is 0 Å². The van der Waals surface area contributed by atoms with E-state index in [0.717, 1.165) is 0 Å². The van der Waals surface area contributed by atoms with Crippen LogP contribution in [-0.4, -0.2) is 28.3 Å². The van der Waals surface area contributed by atoms with Crippen molar-refractivity contribution in [1.29, 1.82) is 0 Å². The molecular formula is C22H25Cl2FN2O2. The number of hydrogen-bond donors (Lipinski definition) is 1. The van der Waals surface area contributed by atoms with Crippen LogP contribution in [0, 0.1) is 5.82 Å². The number of hydrogen-bond acceptors (Lipinski definition) is 2. The van der Waals surface area contributed by atoms with Crippen LogP contribution >= 0.6 is 23.2 Å². The summed E-state index contributed by atoms with van der Waals surface area (Å²) in [7, 11) is 0. The van der Waals surface area contributed by atoms with Crippen LogP contribution in [0.15, 0.2) is 42.5 Å². The van der Waals surface area contributed by atoms with E-state index in [-0.39, 0.29) is 30.6 Å². The Kier molecular flexibility index (Phi) is 7.66. The maximum absolute atomic E-state index is 13.2. The van der Waals surface area contributed by atoms with Gasteiger partial charge in [-0.2, -0.15) is 0 Å². The van der Waals surface area contributed by atoms with Gasteiger partial charge in [0.1, 0.15) is 11.9 Å². The molecule has 2 aromatic rings. The third kappa shape index (κ3) is 6.72. The topological polar surface area (TPSA) is 49.4 Å². The summed E-state index contributed by atoms with van der Waals surface area (Å²) in [6.07, 6.45) is 0.0233. The van der Waals surface area contributed by atoms with Crippen LogP contribution in [-0.2, 0) is 22.6 Å². The van der Waals surface area contributed by atoms with Gasteiger partial charge in [-0.05, 0) is 57.5 Å². The Bertz CT molecular complexity index is 859. The summed E-state index contributed by atoms with van der Waals surface area (Å²) < 4.78 is 13.2. The van der Waals surface area contributed by atoms with Crippen LogP contribution in [0.25, 0.3) is 0 Å². The predicted molar refractivity (Wildman–Crippen MR) is 114 cm³/mol. The lowest BCUT2D eigenvalue weighted by Crippen LogP contribution is -2.52. The molecule has 1 unspecified atom stereocenters. The van der Waals surface area contributed by atoms with E-state index in [4.69, 9.17) is 23.2 Å². The predicted octanol–water partition coefficient (Wildman–Crippen LogP) is 5.01. The molecule has 4 nitrogen and oxygen atoms in total. The summed E-state index contributed by atoms with van der Waals surface area (Å²) in [4.78, 5) is 27.3. The fourth-order valence-electron chi connectivity index (χ4n) is 2.79. The summed E-state index contributed by atoms with van der Waals surface area (Å²) in [5.74, 6) is -0.948. The lowest BCUT2D eigenvalue weighted by molar-refractivity contribution is -0.140. The van der Waals surface area contributed by atoms with Crippen molar-refractivity contribution in [3.05, 3.63) is 69.5 Å². The zero-order valence-electron chi connectivity index (χ0n) is 16.9. The molecule has 1 atom stereocenters. The van der Waals surface area contributed by atoms with Gasteiger partial charge in [0.15, 0.2) is 0 Å². The van der Waals surface area contributed by atoms with E-state index in [1.54, 1.807) is 37.3 Å². The van der Waals surface area contributed by atoms with Crippen LogP contribution in [0.2, 0.25) is 10.0 Å². The second-order valence-corrected chi connectivity index (χ2v) is 8.75. The normalized spacial score (nSPS) is 12.4. The average molecular weight is 439 g/mol. The highest BCUT2D eigenvalue weighted by atomic mass is 35.5. The Morgan fingerprint density at radius 1 is 1.07 bits per heavy atom. The molecular weight excluding hydrogens is 414 g/mol. The van der Waals surface area contributed by atoms with Gasteiger partial charge in [-0.25, -0.2) is 4.39 Å². The van der Waals surface area contributed by atoms with E-state index in [1.165, 1.54) is 17.0 Å². The van der Waals surface area contributed by atoms with Gasteiger partial charge in [0, 0.05) is 27.7 Å². The van der Waals surface area contributed by atoms with Crippen molar-refractivity contribution in [2.45, 2.75) is 52.2 Å². The summed E-state index contributed by atoms with van der Waals surface area (Å²) in [5.41, 5.74) is 0.771. The Hall–Kier alpha value is -2.11. The smallest absolute Gasteiger partial charge is 0.242 e. The number of nitrogens with zero attached hydrogens (tertiary/aromatic N) is 1. The molecule has 0 heterocycles. The fraction of sp³-hybridized carbons (Fsp3) is 0.364. The standard InChI is InChI=1S/C22H25Cl2FN2O2/c1-14(21(29)26-22(2,3)4)27(13-17-18(23)6-5-7-19(17)24)20(28)12-15-8-10-16(25)11-9-15/h5-11,14H,12-13H2,1-4H3,(H,26,29). The van der Waals surface area contributed by atoms with E-state index in [0.29, 0.717) is 21.2 Å². The molecule has 0 aromatic heterocycles. The van der Waals surface area contributed by atoms with Gasteiger partial charge >= 0.3 is 0 Å². The highest BCUT2D eigenvalue weighted by molar-refractivity contribution is 6.36. The van der Waals surface area contributed by atoms with E-state index in [2.05, 4.69) is 5.32 Å². The van der Waals surface area contributed by atoms with E-state index < -0.39 is 11.6 Å². The van der Waals surface area contributed by atoms with Crippen LogP contribution in [0.3, 0.4) is 0 Å². The minimum Gasteiger partial charge on any atom is -0.350 e. The van der Waals surface area contributed by atoms with Crippen LogP contribution in [0.4, 0.5) is 4.39 Å². The van der Waals surface area contributed by atoms with Crippen molar-refractivity contribution in [2.24, 2.45) is 0 Å². The number of rotatable bonds is 6.